The van der Waals surface area contributed by atoms with Crippen molar-refractivity contribution in [3.8, 4) is 0 Å². The third-order valence-corrected chi connectivity index (χ3v) is 5.84. The molecule has 0 aromatic heterocycles. The molecule has 1 aromatic rings. The number of hydrogen-bond donors (Lipinski definition) is 1. The lowest BCUT2D eigenvalue weighted by molar-refractivity contribution is -0.137. The van der Waals surface area contributed by atoms with Gasteiger partial charge in [0.25, 0.3) is 5.91 Å². The van der Waals surface area contributed by atoms with Crippen molar-refractivity contribution >= 4 is 51.9 Å². The number of nitrogens with zero attached hydrogens (tertiary/aromatic N) is 2. The molecule has 1 fully saturated rings. The molecule has 1 heterocycles. The van der Waals surface area contributed by atoms with Gasteiger partial charge in [-0.15, -0.1) is 0 Å². The lowest BCUT2D eigenvalue weighted by atomic mass is 10.1. The average molecular weight is 407 g/mol. The fourth-order valence-electron chi connectivity index (χ4n) is 2.94. The number of benzene rings is 1. The molecule has 0 saturated carbocycles. The molecule has 1 N–H and O–H groups in total. The number of thiocarbonyl (C=S) groups is 1. The number of thioether (sulfide) groups is 1. The van der Waals surface area contributed by atoms with Gasteiger partial charge in [0.1, 0.15) is 4.32 Å². The van der Waals surface area contributed by atoms with E-state index < -0.39 is 5.97 Å². The van der Waals surface area contributed by atoms with Gasteiger partial charge >= 0.3 is 5.97 Å². The summed E-state index contributed by atoms with van der Waals surface area (Å²) in [5.41, 5.74) is 2.15. The fourth-order valence-corrected chi connectivity index (χ4v) is 4.25. The van der Waals surface area contributed by atoms with Crippen LogP contribution in [0.15, 0.2) is 29.2 Å². The Morgan fingerprint density at radius 1 is 1.19 bits per heavy atom. The van der Waals surface area contributed by atoms with Crippen LogP contribution in [0.4, 0.5) is 5.69 Å². The van der Waals surface area contributed by atoms with Crippen molar-refractivity contribution in [2.75, 3.05) is 24.5 Å². The Bertz CT molecular complexity index is 712. The first-order valence-electron chi connectivity index (χ1n) is 9.28. The highest BCUT2D eigenvalue weighted by molar-refractivity contribution is 8.26. The molecule has 0 aliphatic carbocycles. The zero-order chi connectivity index (χ0) is 19.8. The van der Waals surface area contributed by atoms with Crippen LogP contribution in [0.5, 0.6) is 0 Å². The molecule has 1 saturated heterocycles. The van der Waals surface area contributed by atoms with Crippen molar-refractivity contribution in [1.82, 2.24) is 4.90 Å². The Hall–Kier alpha value is -1.86. The van der Waals surface area contributed by atoms with Crippen LogP contribution in [-0.2, 0) is 9.59 Å². The number of carbonyl (C=O) groups is 2. The second-order valence-electron chi connectivity index (χ2n) is 6.30. The van der Waals surface area contributed by atoms with E-state index in [-0.39, 0.29) is 12.3 Å². The largest absolute Gasteiger partial charge is 0.481 e. The summed E-state index contributed by atoms with van der Waals surface area (Å²) >= 11 is 6.67. The first-order chi connectivity index (χ1) is 13.0. The van der Waals surface area contributed by atoms with Crippen molar-refractivity contribution < 1.29 is 14.7 Å². The maximum atomic E-state index is 12.6. The fraction of sp³-hybridized carbons (Fsp3) is 0.450. The van der Waals surface area contributed by atoms with E-state index in [0.717, 1.165) is 31.5 Å². The minimum atomic E-state index is -0.782. The molecule has 0 radical (unpaired) electrons. The van der Waals surface area contributed by atoms with Crippen molar-refractivity contribution in [1.29, 1.82) is 0 Å². The quantitative estimate of drug-likeness (QED) is 0.353. The van der Waals surface area contributed by atoms with Gasteiger partial charge in [-0.1, -0.05) is 42.5 Å². The number of anilines is 1. The second-order valence-corrected chi connectivity index (χ2v) is 7.98. The van der Waals surface area contributed by atoms with Crippen molar-refractivity contribution in [2.24, 2.45) is 0 Å². The third-order valence-electron chi connectivity index (χ3n) is 4.47. The van der Waals surface area contributed by atoms with Gasteiger partial charge in [-0.2, -0.15) is 0 Å². The summed E-state index contributed by atoms with van der Waals surface area (Å²) < 4.78 is 0.573. The molecular weight excluding hydrogens is 380 g/mol. The summed E-state index contributed by atoms with van der Waals surface area (Å²) in [6.45, 7) is 6.72. The van der Waals surface area contributed by atoms with E-state index in [2.05, 4.69) is 30.9 Å². The van der Waals surface area contributed by atoms with Crippen LogP contribution in [-0.4, -0.2) is 45.8 Å². The van der Waals surface area contributed by atoms with E-state index in [1.54, 1.807) is 4.90 Å². The van der Waals surface area contributed by atoms with Crippen LogP contribution >= 0.6 is 24.0 Å². The number of aliphatic carboxylic acids is 1. The lowest BCUT2D eigenvalue weighted by Gasteiger charge is -2.20. The number of rotatable bonds is 10. The van der Waals surface area contributed by atoms with Crippen LogP contribution in [0.2, 0.25) is 0 Å². The SMILES string of the molecule is CCN(CC)c1ccc(C=C2SC(=S)N(CCCCCC(=O)O)C2=O)cc1. The van der Waals surface area contributed by atoms with Crippen molar-refractivity contribution in [3.63, 3.8) is 0 Å². The standard InChI is InChI=1S/C20H26N2O3S2/c1-3-21(4-2)16-11-9-15(10-12-16)14-17-19(25)22(20(26)27-17)13-7-5-6-8-18(23)24/h9-12,14H,3-8,13H2,1-2H3,(H,23,24). The van der Waals surface area contributed by atoms with E-state index in [1.807, 2.05) is 18.2 Å². The topological polar surface area (TPSA) is 60.9 Å². The van der Waals surface area contributed by atoms with Gasteiger partial charge in [0.05, 0.1) is 4.91 Å². The van der Waals surface area contributed by atoms with Crippen LogP contribution in [0.25, 0.3) is 6.08 Å². The van der Waals surface area contributed by atoms with Crippen LogP contribution in [0.3, 0.4) is 0 Å². The minimum absolute atomic E-state index is 0.0592. The van der Waals surface area contributed by atoms with E-state index in [1.165, 1.54) is 17.4 Å². The Morgan fingerprint density at radius 2 is 1.85 bits per heavy atom. The Balaban J connectivity index is 1.96. The van der Waals surface area contributed by atoms with E-state index in [0.29, 0.717) is 22.2 Å². The third kappa shape index (κ3) is 6.07. The molecular formula is C20H26N2O3S2. The Labute approximate surface area is 170 Å². The highest BCUT2D eigenvalue weighted by Gasteiger charge is 2.31. The smallest absolute Gasteiger partial charge is 0.303 e. The van der Waals surface area contributed by atoms with E-state index >= 15 is 0 Å². The van der Waals surface area contributed by atoms with Gasteiger partial charge in [0.15, 0.2) is 0 Å². The molecule has 0 bridgehead atoms. The Kier molecular flexibility index (Phi) is 8.31. The molecule has 0 spiro atoms. The number of amides is 1. The molecule has 1 amide bonds. The average Bonchev–Trinajstić information content (AvgIpc) is 2.90. The van der Waals surface area contributed by atoms with Crippen LogP contribution in [0, 0.1) is 0 Å². The van der Waals surface area contributed by atoms with Gasteiger partial charge in [-0.05, 0) is 50.5 Å². The second kappa shape index (κ2) is 10.5. The maximum Gasteiger partial charge on any atom is 0.303 e. The molecule has 0 unspecified atom stereocenters. The summed E-state index contributed by atoms with van der Waals surface area (Å²) in [4.78, 5) is 27.7. The Morgan fingerprint density at radius 3 is 2.44 bits per heavy atom. The molecule has 27 heavy (non-hydrogen) atoms. The highest BCUT2D eigenvalue weighted by atomic mass is 32.2. The van der Waals surface area contributed by atoms with Crippen molar-refractivity contribution in [3.05, 3.63) is 34.7 Å². The molecule has 1 aliphatic heterocycles. The molecule has 1 aliphatic rings. The molecule has 7 heteroatoms. The summed E-state index contributed by atoms with van der Waals surface area (Å²) in [7, 11) is 0. The highest BCUT2D eigenvalue weighted by Crippen LogP contribution is 2.33. The summed E-state index contributed by atoms with van der Waals surface area (Å²) in [5.74, 6) is -0.841. The van der Waals surface area contributed by atoms with Gasteiger partial charge in [-0.25, -0.2) is 0 Å². The number of hydrogen-bond acceptors (Lipinski definition) is 5. The summed E-state index contributed by atoms with van der Waals surface area (Å²) in [6.07, 6.45) is 4.21. The molecule has 0 atom stereocenters. The maximum absolute atomic E-state index is 12.6. The molecule has 1 aromatic carbocycles. The first-order valence-corrected chi connectivity index (χ1v) is 10.5. The molecule has 146 valence electrons. The monoisotopic (exact) mass is 406 g/mol. The zero-order valence-electron chi connectivity index (χ0n) is 15.8. The zero-order valence-corrected chi connectivity index (χ0v) is 17.4. The predicted molar refractivity (Wildman–Crippen MR) is 116 cm³/mol. The number of unbranched alkanes of at least 4 members (excludes halogenated alkanes) is 2. The number of carbonyl (C=O) groups excluding carboxylic acids is 1. The van der Waals surface area contributed by atoms with Crippen LogP contribution < -0.4 is 4.90 Å². The first kappa shape index (κ1) is 21.4. The van der Waals surface area contributed by atoms with E-state index in [4.69, 9.17) is 17.3 Å². The van der Waals surface area contributed by atoms with Gasteiger partial charge < -0.3 is 10.0 Å². The van der Waals surface area contributed by atoms with Gasteiger partial charge in [0.2, 0.25) is 0 Å². The van der Waals surface area contributed by atoms with Crippen molar-refractivity contribution in [2.45, 2.75) is 39.5 Å². The van der Waals surface area contributed by atoms with Gasteiger partial charge in [0, 0.05) is 31.7 Å². The normalized spacial score (nSPS) is 15.6. The van der Waals surface area contributed by atoms with Gasteiger partial charge in [-0.3, -0.25) is 14.5 Å². The number of carboxylic acid groups (broad SMARTS) is 1. The molecule has 2 rings (SSSR count). The number of carboxylic acids is 1. The lowest BCUT2D eigenvalue weighted by Crippen LogP contribution is -2.29. The predicted octanol–water partition coefficient (Wildman–Crippen LogP) is 4.38. The summed E-state index contributed by atoms with van der Waals surface area (Å²) in [6, 6.07) is 8.18. The molecule has 5 nitrogen and oxygen atoms in total. The minimum Gasteiger partial charge on any atom is -0.481 e. The van der Waals surface area contributed by atoms with Crippen LogP contribution in [0.1, 0.15) is 45.1 Å². The summed E-state index contributed by atoms with van der Waals surface area (Å²) in [5, 5.41) is 8.66. The van der Waals surface area contributed by atoms with E-state index in [9.17, 15) is 9.59 Å².